The molecule has 3 aromatic rings. The monoisotopic (exact) mass is 438 g/mol. The summed E-state index contributed by atoms with van der Waals surface area (Å²) in [6.45, 7) is 3.83. The van der Waals surface area contributed by atoms with Gasteiger partial charge in [-0.25, -0.2) is 0 Å². The average molecular weight is 438 g/mol. The Morgan fingerprint density at radius 1 is 0.970 bits per heavy atom. The van der Waals surface area contributed by atoms with E-state index in [2.05, 4.69) is 0 Å². The van der Waals surface area contributed by atoms with Gasteiger partial charge in [0.05, 0.1) is 29.4 Å². The summed E-state index contributed by atoms with van der Waals surface area (Å²) in [6, 6.07) is 23.5. The Morgan fingerprint density at radius 2 is 1.61 bits per heavy atom. The summed E-state index contributed by atoms with van der Waals surface area (Å²) in [6.07, 6.45) is 0.000253. The molecule has 0 aromatic heterocycles. The molecule has 1 aliphatic rings. The number of hydrogen-bond donors (Lipinski definition) is 1. The van der Waals surface area contributed by atoms with Crippen molar-refractivity contribution in [3.63, 3.8) is 0 Å². The number of amides is 1. The van der Waals surface area contributed by atoms with Crippen LogP contribution in [0.25, 0.3) is 5.76 Å². The minimum Gasteiger partial charge on any atom is -0.507 e. The summed E-state index contributed by atoms with van der Waals surface area (Å²) >= 11 is 0. The van der Waals surface area contributed by atoms with Gasteiger partial charge in [0.2, 0.25) is 0 Å². The zero-order chi connectivity index (χ0) is 23.5. The van der Waals surface area contributed by atoms with Gasteiger partial charge in [0.25, 0.3) is 11.7 Å². The molecule has 1 N–H and O–H groups in total. The number of rotatable bonds is 5. The molecule has 0 aliphatic carbocycles. The van der Waals surface area contributed by atoms with Crippen LogP contribution in [-0.2, 0) is 9.59 Å². The second kappa shape index (κ2) is 9.01. The first kappa shape index (κ1) is 21.8. The Kier molecular flexibility index (Phi) is 5.97. The Morgan fingerprint density at radius 3 is 2.18 bits per heavy atom. The highest BCUT2D eigenvalue weighted by atomic mass is 16.5. The van der Waals surface area contributed by atoms with E-state index >= 15 is 0 Å². The standard InChI is InChI=1S/C27H22N2O4/c1-17(2)33-22-14-10-20(11-15-22)25(30)23-24(19-6-4-3-5-7-19)29(27(32)26(23)31)21-12-8-18(16-28)9-13-21/h3-15,17,24,30H,1-2H3/b25-23+. The lowest BCUT2D eigenvalue weighted by Crippen LogP contribution is -2.29. The highest BCUT2D eigenvalue weighted by Gasteiger charge is 2.46. The molecule has 0 radical (unpaired) electrons. The maximum absolute atomic E-state index is 13.1. The van der Waals surface area contributed by atoms with Crippen molar-refractivity contribution in [2.24, 2.45) is 0 Å². The van der Waals surface area contributed by atoms with Gasteiger partial charge in [0.1, 0.15) is 11.5 Å². The van der Waals surface area contributed by atoms with Crippen molar-refractivity contribution >= 4 is 23.1 Å². The van der Waals surface area contributed by atoms with E-state index in [1.165, 1.54) is 4.90 Å². The minimum absolute atomic E-state index is 0.000253. The number of aliphatic hydroxyl groups excluding tert-OH is 1. The van der Waals surface area contributed by atoms with Crippen LogP contribution in [0.1, 0.15) is 36.6 Å². The Bertz CT molecular complexity index is 1250. The highest BCUT2D eigenvalue weighted by molar-refractivity contribution is 6.51. The smallest absolute Gasteiger partial charge is 0.300 e. The molecule has 1 atom stereocenters. The average Bonchev–Trinajstić information content (AvgIpc) is 3.10. The third kappa shape index (κ3) is 4.21. The second-order valence-corrected chi connectivity index (χ2v) is 7.93. The second-order valence-electron chi connectivity index (χ2n) is 7.93. The normalized spacial score (nSPS) is 17.3. The SMILES string of the molecule is CC(C)Oc1ccc(/C(O)=C2\C(=O)C(=O)N(c3ccc(C#N)cc3)C2c2ccccc2)cc1. The van der Waals surface area contributed by atoms with E-state index in [0.29, 0.717) is 28.1 Å². The predicted molar refractivity (Wildman–Crippen MR) is 125 cm³/mol. The Labute approximate surface area is 192 Å². The van der Waals surface area contributed by atoms with Crippen LogP contribution in [0.3, 0.4) is 0 Å². The summed E-state index contributed by atoms with van der Waals surface area (Å²) < 4.78 is 5.65. The number of ether oxygens (including phenoxy) is 1. The van der Waals surface area contributed by atoms with Crippen LogP contribution in [-0.4, -0.2) is 22.9 Å². The molecule has 1 fully saturated rings. The van der Waals surface area contributed by atoms with Crippen molar-refractivity contribution in [1.29, 1.82) is 5.26 Å². The van der Waals surface area contributed by atoms with E-state index in [9.17, 15) is 14.7 Å². The molecule has 6 heteroatoms. The predicted octanol–water partition coefficient (Wildman–Crippen LogP) is 4.97. The maximum atomic E-state index is 13.1. The molecule has 0 saturated carbocycles. The zero-order valence-corrected chi connectivity index (χ0v) is 18.2. The van der Waals surface area contributed by atoms with E-state index in [4.69, 9.17) is 10.00 Å². The molecule has 1 aliphatic heterocycles. The fourth-order valence-corrected chi connectivity index (χ4v) is 3.87. The van der Waals surface area contributed by atoms with Crippen LogP contribution in [0, 0.1) is 11.3 Å². The summed E-state index contributed by atoms with van der Waals surface area (Å²) in [5.74, 6) is -1.13. The topological polar surface area (TPSA) is 90.6 Å². The fourth-order valence-electron chi connectivity index (χ4n) is 3.87. The zero-order valence-electron chi connectivity index (χ0n) is 18.2. The number of carbonyl (C=O) groups excluding carboxylic acids is 2. The number of aliphatic hydroxyl groups is 1. The van der Waals surface area contributed by atoms with Crippen LogP contribution < -0.4 is 9.64 Å². The van der Waals surface area contributed by atoms with Gasteiger partial charge in [-0.3, -0.25) is 14.5 Å². The number of nitrogens with zero attached hydrogens (tertiary/aromatic N) is 2. The lowest BCUT2D eigenvalue weighted by Gasteiger charge is -2.25. The number of hydrogen-bond acceptors (Lipinski definition) is 5. The first-order chi connectivity index (χ1) is 15.9. The van der Waals surface area contributed by atoms with Crippen molar-refractivity contribution in [2.45, 2.75) is 26.0 Å². The van der Waals surface area contributed by atoms with Gasteiger partial charge in [-0.2, -0.15) is 5.26 Å². The van der Waals surface area contributed by atoms with Crippen LogP contribution in [0.2, 0.25) is 0 Å². The molecule has 1 saturated heterocycles. The molecular formula is C27H22N2O4. The minimum atomic E-state index is -0.814. The molecule has 0 bridgehead atoms. The highest BCUT2D eigenvalue weighted by Crippen LogP contribution is 2.42. The van der Waals surface area contributed by atoms with E-state index in [0.717, 1.165) is 0 Å². The van der Waals surface area contributed by atoms with Gasteiger partial charge in [0, 0.05) is 11.3 Å². The number of carbonyl (C=O) groups is 2. The summed E-state index contributed by atoms with van der Waals surface area (Å²) in [5, 5.41) is 20.2. The van der Waals surface area contributed by atoms with Gasteiger partial charge in [-0.15, -0.1) is 0 Å². The fraction of sp³-hybridized carbons (Fsp3) is 0.148. The maximum Gasteiger partial charge on any atom is 0.300 e. The number of ketones is 1. The molecule has 4 rings (SSSR count). The molecular weight excluding hydrogens is 416 g/mol. The van der Waals surface area contributed by atoms with Crippen LogP contribution >= 0.6 is 0 Å². The van der Waals surface area contributed by atoms with Crippen molar-refractivity contribution < 1.29 is 19.4 Å². The molecule has 3 aromatic carbocycles. The first-order valence-corrected chi connectivity index (χ1v) is 10.5. The summed E-state index contributed by atoms with van der Waals surface area (Å²) in [7, 11) is 0. The molecule has 1 heterocycles. The van der Waals surface area contributed by atoms with Crippen molar-refractivity contribution in [1.82, 2.24) is 0 Å². The third-order valence-electron chi connectivity index (χ3n) is 5.33. The molecule has 0 spiro atoms. The van der Waals surface area contributed by atoms with E-state index < -0.39 is 17.7 Å². The van der Waals surface area contributed by atoms with Crippen LogP contribution in [0.5, 0.6) is 5.75 Å². The van der Waals surface area contributed by atoms with Gasteiger partial charge in [-0.05, 0) is 67.9 Å². The van der Waals surface area contributed by atoms with Gasteiger partial charge in [0.15, 0.2) is 0 Å². The van der Waals surface area contributed by atoms with Gasteiger partial charge in [-0.1, -0.05) is 30.3 Å². The van der Waals surface area contributed by atoms with Gasteiger partial charge >= 0.3 is 0 Å². The van der Waals surface area contributed by atoms with Crippen LogP contribution in [0.4, 0.5) is 5.69 Å². The number of anilines is 1. The van der Waals surface area contributed by atoms with Crippen molar-refractivity contribution in [2.75, 3.05) is 4.90 Å². The summed E-state index contributed by atoms with van der Waals surface area (Å²) in [5.41, 5.74) is 2.00. The molecule has 1 amide bonds. The third-order valence-corrected chi connectivity index (χ3v) is 5.33. The summed E-state index contributed by atoms with van der Waals surface area (Å²) in [4.78, 5) is 27.6. The number of benzene rings is 3. The lowest BCUT2D eigenvalue weighted by atomic mass is 9.95. The van der Waals surface area contributed by atoms with E-state index in [1.807, 2.05) is 38.1 Å². The number of nitriles is 1. The Balaban J connectivity index is 1.84. The first-order valence-electron chi connectivity index (χ1n) is 10.5. The van der Waals surface area contributed by atoms with Crippen molar-refractivity contribution in [3.8, 4) is 11.8 Å². The lowest BCUT2D eigenvalue weighted by molar-refractivity contribution is -0.132. The quantitative estimate of drug-likeness (QED) is 0.345. The van der Waals surface area contributed by atoms with E-state index in [1.54, 1.807) is 60.7 Å². The van der Waals surface area contributed by atoms with Crippen molar-refractivity contribution in [3.05, 3.63) is 101 Å². The molecule has 1 unspecified atom stereocenters. The molecule has 33 heavy (non-hydrogen) atoms. The van der Waals surface area contributed by atoms with Crippen LogP contribution in [0.15, 0.2) is 84.4 Å². The number of Topliss-reactive ketones (excluding diaryl/α,β-unsaturated/α-hetero) is 1. The molecule has 6 nitrogen and oxygen atoms in total. The van der Waals surface area contributed by atoms with E-state index in [-0.39, 0.29) is 17.4 Å². The molecule has 164 valence electrons. The van der Waals surface area contributed by atoms with Gasteiger partial charge < -0.3 is 9.84 Å². The largest absolute Gasteiger partial charge is 0.507 e. The Hall–Kier alpha value is -4.37.